The van der Waals surface area contributed by atoms with Crippen molar-refractivity contribution in [1.29, 1.82) is 0 Å². The van der Waals surface area contributed by atoms with E-state index in [0.29, 0.717) is 12.5 Å². The first-order valence-electron chi connectivity index (χ1n) is 5.08. The molecule has 4 nitrogen and oxygen atoms in total. The predicted molar refractivity (Wildman–Crippen MR) is 52.9 cm³/mol. The van der Waals surface area contributed by atoms with Crippen LogP contribution in [0.2, 0.25) is 0 Å². The van der Waals surface area contributed by atoms with Crippen LogP contribution in [-0.2, 0) is 9.53 Å². The largest absolute Gasteiger partial charge is 0.469 e. The number of likely N-dealkylation sites (tertiary alicyclic amines) is 1. The Labute approximate surface area is 84.8 Å². The normalized spacial score (nSPS) is 24.9. The number of nitrogens with zero attached hydrogens (tertiary/aromatic N) is 1. The summed E-state index contributed by atoms with van der Waals surface area (Å²) in [7, 11) is 3.40. The molecule has 0 aliphatic carbocycles. The van der Waals surface area contributed by atoms with E-state index in [9.17, 15) is 9.90 Å². The molecule has 0 radical (unpaired) electrons. The molecular formula is C10H19NO3. The van der Waals surface area contributed by atoms with Gasteiger partial charge in [0.15, 0.2) is 0 Å². The monoisotopic (exact) mass is 201 g/mol. The first kappa shape index (κ1) is 11.5. The minimum atomic E-state index is -0.562. The summed E-state index contributed by atoms with van der Waals surface area (Å²) in [6.07, 6.45) is 2.53. The van der Waals surface area contributed by atoms with Gasteiger partial charge in [0, 0.05) is 6.04 Å². The van der Waals surface area contributed by atoms with Crippen molar-refractivity contribution in [1.82, 2.24) is 4.90 Å². The molecule has 1 unspecified atom stereocenters. The van der Waals surface area contributed by atoms with Crippen LogP contribution in [0.25, 0.3) is 0 Å². The summed E-state index contributed by atoms with van der Waals surface area (Å²) in [6.45, 7) is 1.09. The van der Waals surface area contributed by atoms with Crippen LogP contribution in [0.15, 0.2) is 0 Å². The maximum atomic E-state index is 10.9. The van der Waals surface area contributed by atoms with E-state index in [1.807, 2.05) is 0 Å². The van der Waals surface area contributed by atoms with Gasteiger partial charge < -0.3 is 14.7 Å². The molecule has 1 saturated heterocycles. The first-order valence-corrected chi connectivity index (χ1v) is 5.08. The van der Waals surface area contributed by atoms with Gasteiger partial charge in [0.2, 0.25) is 0 Å². The molecule has 1 rings (SSSR count). The SMILES string of the molecule is COC(=O)C[C@@H](O)CC1CCCN1C. The van der Waals surface area contributed by atoms with Gasteiger partial charge in [-0.3, -0.25) is 4.79 Å². The molecule has 1 aliphatic heterocycles. The van der Waals surface area contributed by atoms with Crippen molar-refractivity contribution in [3.63, 3.8) is 0 Å². The number of esters is 1. The number of methoxy groups -OCH3 is 1. The Morgan fingerprint density at radius 3 is 2.93 bits per heavy atom. The zero-order valence-electron chi connectivity index (χ0n) is 8.90. The fourth-order valence-corrected chi connectivity index (χ4v) is 1.95. The summed E-state index contributed by atoms with van der Waals surface area (Å²) in [5.41, 5.74) is 0. The van der Waals surface area contributed by atoms with Gasteiger partial charge in [-0.05, 0) is 32.9 Å². The van der Waals surface area contributed by atoms with Gasteiger partial charge in [0.05, 0.1) is 19.6 Å². The van der Waals surface area contributed by atoms with E-state index >= 15 is 0 Å². The Morgan fingerprint density at radius 1 is 1.71 bits per heavy atom. The second-order valence-electron chi connectivity index (χ2n) is 3.95. The third kappa shape index (κ3) is 3.27. The summed E-state index contributed by atoms with van der Waals surface area (Å²) in [4.78, 5) is 13.1. The van der Waals surface area contributed by atoms with E-state index in [4.69, 9.17) is 0 Å². The molecule has 1 heterocycles. The van der Waals surface area contributed by atoms with Crippen molar-refractivity contribution >= 4 is 5.97 Å². The van der Waals surface area contributed by atoms with Crippen molar-refractivity contribution < 1.29 is 14.6 Å². The third-order valence-electron chi connectivity index (χ3n) is 2.85. The highest BCUT2D eigenvalue weighted by atomic mass is 16.5. The van der Waals surface area contributed by atoms with Crippen LogP contribution < -0.4 is 0 Å². The quantitative estimate of drug-likeness (QED) is 0.669. The lowest BCUT2D eigenvalue weighted by molar-refractivity contribution is -0.143. The van der Waals surface area contributed by atoms with Crippen molar-refractivity contribution in [2.24, 2.45) is 0 Å². The van der Waals surface area contributed by atoms with E-state index < -0.39 is 6.10 Å². The van der Waals surface area contributed by atoms with Crippen LogP contribution >= 0.6 is 0 Å². The van der Waals surface area contributed by atoms with Crippen LogP contribution in [0.3, 0.4) is 0 Å². The van der Waals surface area contributed by atoms with Crippen molar-refractivity contribution in [3.05, 3.63) is 0 Å². The number of carbonyl (C=O) groups is 1. The molecule has 0 bridgehead atoms. The fraction of sp³-hybridized carbons (Fsp3) is 0.900. The average molecular weight is 201 g/mol. The van der Waals surface area contributed by atoms with Gasteiger partial charge in [0.25, 0.3) is 0 Å². The molecule has 4 heteroatoms. The second kappa shape index (κ2) is 5.32. The molecule has 14 heavy (non-hydrogen) atoms. The van der Waals surface area contributed by atoms with Gasteiger partial charge in [-0.15, -0.1) is 0 Å². The number of ether oxygens (including phenoxy) is 1. The molecule has 0 saturated carbocycles. The van der Waals surface area contributed by atoms with Crippen LogP contribution in [0.5, 0.6) is 0 Å². The van der Waals surface area contributed by atoms with Crippen LogP contribution in [0, 0.1) is 0 Å². The zero-order valence-corrected chi connectivity index (χ0v) is 8.90. The maximum Gasteiger partial charge on any atom is 0.308 e. The Hall–Kier alpha value is -0.610. The first-order chi connectivity index (χ1) is 6.63. The summed E-state index contributed by atoms with van der Waals surface area (Å²) in [5.74, 6) is -0.335. The molecule has 1 N–H and O–H groups in total. The standard InChI is InChI=1S/C10H19NO3/c1-11-5-3-4-8(11)6-9(12)7-10(13)14-2/h8-9,12H,3-7H2,1-2H3/t8?,9-/m0/s1. The van der Waals surface area contributed by atoms with Gasteiger partial charge in [-0.2, -0.15) is 0 Å². The third-order valence-corrected chi connectivity index (χ3v) is 2.85. The van der Waals surface area contributed by atoms with E-state index in [-0.39, 0.29) is 12.4 Å². The smallest absolute Gasteiger partial charge is 0.308 e. The number of hydrogen-bond donors (Lipinski definition) is 1. The lowest BCUT2D eigenvalue weighted by Crippen LogP contribution is -2.30. The van der Waals surface area contributed by atoms with E-state index in [1.165, 1.54) is 13.5 Å². The predicted octanol–water partition coefficient (Wildman–Crippen LogP) is 0.395. The van der Waals surface area contributed by atoms with Crippen LogP contribution in [-0.4, -0.2) is 48.8 Å². The Bertz CT molecular complexity index is 196. The summed E-state index contributed by atoms with van der Waals surface area (Å²) >= 11 is 0. The maximum absolute atomic E-state index is 10.9. The Kier molecular flexibility index (Phi) is 4.35. The highest BCUT2D eigenvalue weighted by molar-refractivity contribution is 5.69. The number of aliphatic hydroxyl groups excluding tert-OH is 1. The number of rotatable bonds is 4. The van der Waals surface area contributed by atoms with E-state index in [1.54, 1.807) is 0 Å². The van der Waals surface area contributed by atoms with Crippen molar-refractivity contribution in [3.8, 4) is 0 Å². The van der Waals surface area contributed by atoms with Gasteiger partial charge >= 0.3 is 5.97 Å². The second-order valence-corrected chi connectivity index (χ2v) is 3.95. The van der Waals surface area contributed by atoms with E-state index in [2.05, 4.69) is 16.7 Å². The fourth-order valence-electron chi connectivity index (χ4n) is 1.95. The zero-order chi connectivity index (χ0) is 10.6. The molecule has 82 valence electrons. The molecule has 0 aromatic carbocycles. The van der Waals surface area contributed by atoms with Crippen molar-refractivity contribution in [2.75, 3.05) is 20.7 Å². The lowest BCUT2D eigenvalue weighted by Gasteiger charge is -2.21. The van der Waals surface area contributed by atoms with Gasteiger partial charge in [0.1, 0.15) is 0 Å². The molecule has 2 atom stereocenters. The molecule has 0 aromatic rings. The molecule has 1 fully saturated rings. The highest BCUT2D eigenvalue weighted by Gasteiger charge is 2.24. The number of hydrogen-bond acceptors (Lipinski definition) is 4. The molecule has 0 aromatic heterocycles. The minimum absolute atomic E-state index is 0.112. The Balaban J connectivity index is 2.25. The lowest BCUT2D eigenvalue weighted by atomic mass is 10.1. The average Bonchev–Trinajstić information content (AvgIpc) is 2.51. The number of aliphatic hydroxyl groups is 1. The van der Waals surface area contributed by atoms with Gasteiger partial charge in [-0.1, -0.05) is 0 Å². The topological polar surface area (TPSA) is 49.8 Å². The number of carbonyl (C=O) groups excluding carboxylic acids is 1. The van der Waals surface area contributed by atoms with Crippen LogP contribution in [0.1, 0.15) is 25.7 Å². The summed E-state index contributed by atoms with van der Waals surface area (Å²) in [6, 6.07) is 0.426. The summed E-state index contributed by atoms with van der Waals surface area (Å²) in [5, 5.41) is 9.60. The Morgan fingerprint density at radius 2 is 2.43 bits per heavy atom. The van der Waals surface area contributed by atoms with E-state index in [0.717, 1.165) is 13.0 Å². The highest BCUT2D eigenvalue weighted by Crippen LogP contribution is 2.20. The molecular weight excluding hydrogens is 182 g/mol. The molecule has 0 amide bonds. The van der Waals surface area contributed by atoms with Crippen molar-refractivity contribution in [2.45, 2.75) is 37.8 Å². The molecule has 1 aliphatic rings. The summed E-state index contributed by atoms with van der Waals surface area (Å²) < 4.78 is 4.50. The van der Waals surface area contributed by atoms with Gasteiger partial charge in [-0.25, -0.2) is 0 Å². The minimum Gasteiger partial charge on any atom is -0.469 e. The van der Waals surface area contributed by atoms with Crippen LogP contribution in [0.4, 0.5) is 0 Å². The molecule has 0 spiro atoms.